The van der Waals surface area contributed by atoms with Crippen molar-refractivity contribution in [1.29, 1.82) is 0 Å². The molecule has 2 saturated carbocycles. The Hall–Kier alpha value is 0.410. The van der Waals surface area contributed by atoms with Crippen LogP contribution in [0.15, 0.2) is 47.6 Å². The van der Waals surface area contributed by atoms with Crippen molar-refractivity contribution < 1.29 is 47.7 Å². The minimum atomic E-state index is -0.658. The first-order valence-electron chi connectivity index (χ1n) is 8.73. The second-order valence-electron chi connectivity index (χ2n) is 7.60. The molecule has 0 saturated heterocycles. The summed E-state index contributed by atoms with van der Waals surface area (Å²) < 4.78 is 2.08. The first-order valence-corrected chi connectivity index (χ1v) is 12.9. The predicted octanol–water partition coefficient (Wildman–Crippen LogP) is -0.261. The third-order valence-corrected chi connectivity index (χ3v) is 15.2. The van der Waals surface area contributed by atoms with E-state index >= 15 is 0 Å². The number of hydrogen-bond acceptors (Lipinski definition) is 0. The van der Waals surface area contributed by atoms with Crippen LogP contribution < -0.4 is 24.8 Å². The van der Waals surface area contributed by atoms with Crippen molar-refractivity contribution in [2.24, 2.45) is 23.7 Å². The Morgan fingerprint density at radius 2 is 1.22 bits per heavy atom. The fourth-order valence-electron chi connectivity index (χ4n) is 5.11. The van der Waals surface area contributed by atoms with Gasteiger partial charge < -0.3 is 24.8 Å². The minimum Gasteiger partial charge on any atom is -1.00 e. The smallest absolute Gasteiger partial charge is 1.00 e. The van der Waals surface area contributed by atoms with Crippen LogP contribution in [-0.4, -0.2) is 0 Å². The van der Waals surface area contributed by atoms with Gasteiger partial charge in [0.2, 0.25) is 0 Å². The molecule has 4 rings (SSSR count). The van der Waals surface area contributed by atoms with Crippen LogP contribution in [0.25, 0.3) is 0 Å². The molecule has 0 amide bonds. The number of halogens is 2. The van der Waals surface area contributed by atoms with Crippen LogP contribution in [0, 0.1) is 23.7 Å². The van der Waals surface area contributed by atoms with E-state index in [0.717, 1.165) is 31.0 Å². The molecule has 0 N–H and O–H groups in total. The summed E-state index contributed by atoms with van der Waals surface area (Å²) in [5.74, 6) is 3.76. The van der Waals surface area contributed by atoms with Gasteiger partial charge in [-0.1, -0.05) is 0 Å². The van der Waals surface area contributed by atoms with Crippen LogP contribution in [0.4, 0.5) is 0 Å². The van der Waals surface area contributed by atoms with Crippen LogP contribution in [0.5, 0.6) is 0 Å². The Kier molecular flexibility index (Phi) is 7.03. The van der Waals surface area contributed by atoms with E-state index < -0.39 is 22.9 Å². The van der Waals surface area contributed by atoms with Gasteiger partial charge in [-0.3, -0.25) is 0 Å². The second-order valence-corrected chi connectivity index (χ2v) is 13.3. The molecule has 0 aliphatic heterocycles. The first-order chi connectivity index (χ1) is 10.2. The molecule has 0 heterocycles. The van der Waals surface area contributed by atoms with Gasteiger partial charge in [0.05, 0.1) is 0 Å². The van der Waals surface area contributed by atoms with E-state index in [1.54, 1.807) is 0 Å². The van der Waals surface area contributed by atoms with E-state index in [1.807, 2.05) is 11.1 Å². The topological polar surface area (TPSA) is 0 Å². The third-order valence-electron chi connectivity index (χ3n) is 6.16. The van der Waals surface area contributed by atoms with Crippen molar-refractivity contribution >= 4 is 0 Å². The average Bonchev–Trinajstić information content (AvgIpc) is 2.97. The summed E-state index contributed by atoms with van der Waals surface area (Å²) in [5, 5.41) is 0. The number of rotatable bonds is 2. The molecule has 6 unspecified atom stereocenters. The molecule has 23 heavy (non-hydrogen) atoms. The summed E-state index contributed by atoms with van der Waals surface area (Å²) in [7, 11) is 0. The summed E-state index contributed by atoms with van der Waals surface area (Å²) in [6, 6.07) is 0. The van der Waals surface area contributed by atoms with E-state index in [9.17, 15) is 0 Å². The zero-order valence-corrected chi connectivity index (χ0v) is 19.1. The van der Waals surface area contributed by atoms with Gasteiger partial charge in [0, 0.05) is 0 Å². The maximum Gasteiger partial charge on any atom is -1.00 e. The molecule has 0 bridgehead atoms. The molecular formula is C20H26Cl2Hf. The number of hydrogen-bond donors (Lipinski definition) is 0. The molecular weight excluding hydrogens is 490 g/mol. The molecule has 0 aromatic rings. The Labute approximate surface area is 165 Å². The number of allylic oxidation sites excluding steroid dienone is 8. The predicted molar refractivity (Wildman–Crippen MR) is 85.7 cm³/mol. The van der Waals surface area contributed by atoms with E-state index in [1.165, 1.54) is 25.7 Å². The van der Waals surface area contributed by atoms with Crippen LogP contribution in [0.3, 0.4) is 0 Å². The normalized spacial score (nSPS) is 40.1. The molecule has 2 fully saturated rings. The summed E-state index contributed by atoms with van der Waals surface area (Å²) in [5.41, 5.74) is 3.74. The quantitative estimate of drug-likeness (QED) is 0.445. The SMILES string of the molecule is CC1CC2CC=CC=C2[CH]1[Hf+2][CH]1C2=CC=CCC2CC1C.[Cl-].[Cl-]. The van der Waals surface area contributed by atoms with Crippen molar-refractivity contribution in [1.82, 2.24) is 0 Å². The summed E-state index contributed by atoms with van der Waals surface area (Å²) >= 11 is -0.658. The zero-order chi connectivity index (χ0) is 14.4. The first kappa shape index (κ1) is 19.7. The molecule has 0 radical (unpaired) electrons. The van der Waals surface area contributed by atoms with Crippen molar-refractivity contribution in [2.45, 2.75) is 46.9 Å². The van der Waals surface area contributed by atoms with Gasteiger partial charge in [0.25, 0.3) is 0 Å². The monoisotopic (exact) mass is 516 g/mol. The molecule has 6 atom stereocenters. The van der Waals surface area contributed by atoms with E-state index in [-0.39, 0.29) is 24.8 Å². The molecule has 4 aliphatic carbocycles. The molecule has 0 aromatic carbocycles. The van der Waals surface area contributed by atoms with Gasteiger partial charge in [0.1, 0.15) is 0 Å². The van der Waals surface area contributed by atoms with Gasteiger partial charge in [0.15, 0.2) is 0 Å². The van der Waals surface area contributed by atoms with E-state index in [2.05, 4.69) is 50.3 Å². The van der Waals surface area contributed by atoms with Gasteiger partial charge in [-0.05, 0) is 0 Å². The summed E-state index contributed by atoms with van der Waals surface area (Å²) in [6.45, 7) is 5.09. The molecule has 0 spiro atoms. The fourth-order valence-corrected chi connectivity index (χ4v) is 13.6. The van der Waals surface area contributed by atoms with Gasteiger partial charge in [-0.15, -0.1) is 0 Å². The second kappa shape index (κ2) is 8.19. The molecule has 0 aromatic heterocycles. The van der Waals surface area contributed by atoms with Crippen LogP contribution in [0.2, 0.25) is 7.35 Å². The standard InChI is InChI=1S/2C10H13.2ClH.Hf/c2*1-8-6-9-4-2-3-5-10(9)7-8;;;/h2*2-4,6,8,10H,5,7H2,1H3;2*1H;/q;;;;+2/p-2. The number of fused-ring (bicyclic) bond motifs is 2. The van der Waals surface area contributed by atoms with Gasteiger partial charge >= 0.3 is 141 Å². The largest absolute Gasteiger partial charge is 1.00 e. The maximum atomic E-state index is 2.54. The van der Waals surface area contributed by atoms with Crippen molar-refractivity contribution in [3.05, 3.63) is 47.6 Å². The molecule has 3 heteroatoms. The van der Waals surface area contributed by atoms with Crippen molar-refractivity contribution in [3.63, 3.8) is 0 Å². The third kappa shape index (κ3) is 3.67. The van der Waals surface area contributed by atoms with Gasteiger partial charge in [-0.2, -0.15) is 0 Å². The summed E-state index contributed by atoms with van der Waals surface area (Å²) in [6.07, 6.45) is 20.0. The Morgan fingerprint density at radius 3 is 1.65 bits per heavy atom. The van der Waals surface area contributed by atoms with E-state index in [4.69, 9.17) is 0 Å². The molecule has 4 aliphatic rings. The average molecular weight is 516 g/mol. The van der Waals surface area contributed by atoms with Gasteiger partial charge in [-0.25, -0.2) is 0 Å². The van der Waals surface area contributed by atoms with Crippen molar-refractivity contribution in [3.8, 4) is 0 Å². The van der Waals surface area contributed by atoms with Crippen LogP contribution in [-0.2, 0) is 22.9 Å². The minimum absolute atomic E-state index is 0. The maximum absolute atomic E-state index is 2.54. The fraction of sp³-hybridized carbons (Fsp3) is 0.600. The summed E-state index contributed by atoms with van der Waals surface area (Å²) in [4.78, 5) is 0. The Bertz CT molecular complexity index is 498. The van der Waals surface area contributed by atoms with Crippen LogP contribution >= 0.6 is 0 Å². The zero-order valence-electron chi connectivity index (χ0n) is 14.0. The Balaban J connectivity index is 0.000000960. The Morgan fingerprint density at radius 1 is 0.783 bits per heavy atom. The van der Waals surface area contributed by atoms with Crippen LogP contribution in [0.1, 0.15) is 39.5 Å². The van der Waals surface area contributed by atoms with Crippen molar-refractivity contribution in [2.75, 3.05) is 0 Å². The van der Waals surface area contributed by atoms with E-state index in [0.29, 0.717) is 0 Å². The molecule has 0 nitrogen and oxygen atoms in total. The molecule has 124 valence electrons.